The molecule has 2 nitrogen and oxygen atoms in total. The summed E-state index contributed by atoms with van der Waals surface area (Å²) in [6, 6.07) is 1.40. The average molecular weight is 212 g/mol. The molecule has 15 heavy (non-hydrogen) atoms. The summed E-state index contributed by atoms with van der Waals surface area (Å²) >= 11 is 0. The van der Waals surface area contributed by atoms with Gasteiger partial charge in [-0.1, -0.05) is 33.6 Å². The standard InChI is InChI=1S/C13H28N2/c1-4-8-13(11-14-12(2)3)15-9-6-5-7-10-15/h12-14H,4-11H2,1-3H3. The Labute approximate surface area is 95.4 Å². The number of hydrogen-bond acceptors (Lipinski definition) is 2. The van der Waals surface area contributed by atoms with E-state index in [1.165, 1.54) is 51.7 Å². The van der Waals surface area contributed by atoms with Crippen LogP contribution in [0, 0.1) is 0 Å². The van der Waals surface area contributed by atoms with Crippen LogP contribution in [-0.4, -0.2) is 36.6 Å². The summed E-state index contributed by atoms with van der Waals surface area (Å²) in [5.74, 6) is 0. The largest absolute Gasteiger partial charge is 0.313 e. The van der Waals surface area contributed by atoms with Crippen LogP contribution in [0.25, 0.3) is 0 Å². The summed E-state index contributed by atoms with van der Waals surface area (Å²) in [5, 5.41) is 3.59. The summed E-state index contributed by atoms with van der Waals surface area (Å²) < 4.78 is 0. The Kier molecular flexibility index (Phi) is 6.26. The van der Waals surface area contributed by atoms with Gasteiger partial charge in [0, 0.05) is 18.6 Å². The van der Waals surface area contributed by atoms with Gasteiger partial charge in [0.1, 0.15) is 0 Å². The Hall–Kier alpha value is -0.0800. The number of nitrogens with one attached hydrogen (secondary N) is 1. The van der Waals surface area contributed by atoms with Gasteiger partial charge in [-0.3, -0.25) is 4.90 Å². The molecule has 1 rings (SSSR count). The monoisotopic (exact) mass is 212 g/mol. The molecule has 0 aliphatic carbocycles. The fraction of sp³-hybridized carbons (Fsp3) is 1.00. The zero-order valence-corrected chi connectivity index (χ0v) is 10.8. The van der Waals surface area contributed by atoms with Gasteiger partial charge in [-0.15, -0.1) is 0 Å². The molecule has 90 valence electrons. The van der Waals surface area contributed by atoms with Crippen LogP contribution in [0.15, 0.2) is 0 Å². The first-order valence-corrected chi connectivity index (χ1v) is 6.71. The fourth-order valence-electron chi connectivity index (χ4n) is 2.40. The summed E-state index contributed by atoms with van der Waals surface area (Å²) in [7, 11) is 0. The summed E-state index contributed by atoms with van der Waals surface area (Å²) in [6.07, 6.45) is 6.90. The molecule has 1 heterocycles. The highest BCUT2D eigenvalue weighted by atomic mass is 15.2. The Morgan fingerprint density at radius 1 is 1.13 bits per heavy atom. The quantitative estimate of drug-likeness (QED) is 0.728. The van der Waals surface area contributed by atoms with Crippen molar-refractivity contribution in [2.24, 2.45) is 0 Å². The van der Waals surface area contributed by atoms with E-state index in [2.05, 4.69) is 31.0 Å². The fourth-order valence-corrected chi connectivity index (χ4v) is 2.40. The van der Waals surface area contributed by atoms with Gasteiger partial charge in [0.05, 0.1) is 0 Å². The van der Waals surface area contributed by atoms with Crippen LogP contribution in [0.4, 0.5) is 0 Å². The van der Waals surface area contributed by atoms with Crippen LogP contribution >= 0.6 is 0 Å². The molecule has 0 aromatic carbocycles. The maximum Gasteiger partial charge on any atom is 0.0220 e. The summed E-state index contributed by atoms with van der Waals surface area (Å²) in [5.41, 5.74) is 0. The molecule has 0 radical (unpaired) electrons. The van der Waals surface area contributed by atoms with Crippen LogP contribution in [0.2, 0.25) is 0 Å². The van der Waals surface area contributed by atoms with Gasteiger partial charge in [-0.05, 0) is 32.4 Å². The minimum atomic E-state index is 0.620. The van der Waals surface area contributed by atoms with Gasteiger partial charge < -0.3 is 5.32 Å². The van der Waals surface area contributed by atoms with Crippen LogP contribution in [-0.2, 0) is 0 Å². The van der Waals surface area contributed by atoms with E-state index in [1.54, 1.807) is 0 Å². The van der Waals surface area contributed by atoms with Gasteiger partial charge in [-0.25, -0.2) is 0 Å². The average Bonchev–Trinajstić information content (AvgIpc) is 2.25. The molecule has 0 bridgehead atoms. The van der Waals surface area contributed by atoms with E-state index in [9.17, 15) is 0 Å². The minimum Gasteiger partial charge on any atom is -0.313 e. The first kappa shape index (κ1) is 13.0. The molecule has 1 atom stereocenters. The van der Waals surface area contributed by atoms with E-state index in [0.717, 1.165) is 6.04 Å². The van der Waals surface area contributed by atoms with Crippen molar-refractivity contribution in [3.8, 4) is 0 Å². The van der Waals surface area contributed by atoms with Gasteiger partial charge >= 0.3 is 0 Å². The lowest BCUT2D eigenvalue weighted by Crippen LogP contribution is -2.46. The molecule has 0 aromatic heterocycles. The van der Waals surface area contributed by atoms with Gasteiger partial charge in [-0.2, -0.15) is 0 Å². The van der Waals surface area contributed by atoms with Crippen molar-refractivity contribution >= 4 is 0 Å². The maximum absolute atomic E-state index is 3.59. The Morgan fingerprint density at radius 2 is 1.80 bits per heavy atom. The zero-order valence-electron chi connectivity index (χ0n) is 10.8. The van der Waals surface area contributed by atoms with E-state index >= 15 is 0 Å². The number of likely N-dealkylation sites (tertiary alicyclic amines) is 1. The van der Waals surface area contributed by atoms with E-state index in [1.807, 2.05) is 0 Å². The molecular formula is C13H28N2. The molecule has 1 N–H and O–H groups in total. The second kappa shape index (κ2) is 7.24. The molecular weight excluding hydrogens is 184 g/mol. The van der Waals surface area contributed by atoms with Gasteiger partial charge in [0.2, 0.25) is 0 Å². The third-order valence-corrected chi connectivity index (χ3v) is 3.29. The van der Waals surface area contributed by atoms with Gasteiger partial charge in [0.25, 0.3) is 0 Å². The van der Waals surface area contributed by atoms with Crippen LogP contribution in [0.3, 0.4) is 0 Å². The van der Waals surface area contributed by atoms with Crippen molar-refractivity contribution in [1.29, 1.82) is 0 Å². The molecule has 0 spiro atoms. The highest BCUT2D eigenvalue weighted by Crippen LogP contribution is 2.15. The van der Waals surface area contributed by atoms with Crippen molar-refractivity contribution in [2.45, 2.75) is 65.0 Å². The van der Waals surface area contributed by atoms with E-state index in [4.69, 9.17) is 0 Å². The lowest BCUT2D eigenvalue weighted by atomic mass is 10.0. The van der Waals surface area contributed by atoms with Crippen LogP contribution in [0.5, 0.6) is 0 Å². The van der Waals surface area contributed by atoms with Crippen LogP contribution in [0.1, 0.15) is 52.9 Å². The first-order valence-electron chi connectivity index (χ1n) is 6.71. The lowest BCUT2D eigenvalue weighted by molar-refractivity contribution is 0.150. The molecule has 1 fully saturated rings. The molecule has 1 saturated heterocycles. The molecule has 2 heteroatoms. The van der Waals surface area contributed by atoms with E-state index in [-0.39, 0.29) is 0 Å². The number of hydrogen-bond donors (Lipinski definition) is 1. The second-order valence-electron chi connectivity index (χ2n) is 5.10. The molecule has 0 amide bonds. The van der Waals surface area contributed by atoms with Gasteiger partial charge in [0.15, 0.2) is 0 Å². The topological polar surface area (TPSA) is 15.3 Å². The molecule has 0 aromatic rings. The smallest absolute Gasteiger partial charge is 0.0220 e. The summed E-state index contributed by atoms with van der Waals surface area (Å²) in [4.78, 5) is 2.70. The highest BCUT2D eigenvalue weighted by Gasteiger charge is 2.19. The molecule has 1 aliphatic rings. The predicted octanol–water partition coefficient (Wildman–Crippen LogP) is 2.64. The lowest BCUT2D eigenvalue weighted by Gasteiger charge is -2.35. The van der Waals surface area contributed by atoms with E-state index < -0.39 is 0 Å². The van der Waals surface area contributed by atoms with Crippen molar-refractivity contribution in [3.05, 3.63) is 0 Å². The SMILES string of the molecule is CCCC(CNC(C)C)N1CCCCC1. The Morgan fingerprint density at radius 3 is 2.33 bits per heavy atom. The van der Waals surface area contributed by atoms with Crippen molar-refractivity contribution < 1.29 is 0 Å². The first-order chi connectivity index (χ1) is 7.24. The minimum absolute atomic E-state index is 0.620. The molecule has 1 unspecified atom stereocenters. The maximum atomic E-state index is 3.59. The predicted molar refractivity (Wildman–Crippen MR) is 67.3 cm³/mol. The summed E-state index contributed by atoms with van der Waals surface area (Å²) in [6.45, 7) is 10.6. The van der Waals surface area contributed by atoms with Crippen molar-refractivity contribution in [2.75, 3.05) is 19.6 Å². The Balaban J connectivity index is 2.33. The van der Waals surface area contributed by atoms with E-state index in [0.29, 0.717) is 6.04 Å². The third kappa shape index (κ3) is 4.98. The second-order valence-corrected chi connectivity index (χ2v) is 5.10. The van der Waals surface area contributed by atoms with Crippen molar-refractivity contribution in [1.82, 2.24) is 10.2 Å². The number of rotatable bonds is 6. The third-order valence-electron chi connectivity index (χ3n) is 3.29. The van der Waals surface area contributed by atoms with Crippen LogP contribution < -0.4 is 5.32 Å². The highest BCUT2D eigenvalue weighted by molar-refractivity contribution is 4.77. The number of nitrogens with zero attached hydrogens (tertiary/aromatic N) is 1. The normalized spacial score (nSPS) is 20.8. The zero-order chi connectivity index (χ0) is 11.1. The van der Waals surface area contributed by atoms with Crippen molar-refractivity contribution in [3.63, 3.8) is 0 Å². The molecule has 1 aliphatic heterocycles. The molecule has 0 saturated carbocycles. The number of piperidine rings is 1. The Bertz CT molecular complexity index is 151.